The van der Waals surface area contributed by atoms with Crippen molar-refractivity contribution in [2.45, 2.75) is 6.92 Å². The van der Waals surface area contributed by atoms with E-state index in [0.29, 0.717) is 16.8 Å². The van der Waals surface area contributed by atoms with Gasteiger partial charge in [0.05, 0.1) is 18.3 Å². The number of nitrogens with one attached hydrogen (secondary N) is 1. The van der Waals surface area contributed by atoms with Gasteiger partial charge in [0.2, 0.25) is 0 Å². The summed E-state index contributed by atoms with van der Waals surface area (Å²) in [7, 11) is 0. The van der Waals surface area contributed by atoms with Crippen LogP contribution in [0, 0.1) is 18.8 Å². The van der Waals surface area contributed by atoms with Crippen molar-refractivity contribution in [1.82, 2.24) is 5.16 Å². The lowest BCUT2D eigenvalue weighted by Crippen LogP contribution is -2.13. The van der Waals surface area contributed by atoms with E-state index in [4.69, 9.17) is 5.73 Å². The molecule has 0 fully saturated rings. The van der Waals surface area contributed by atoms with E-state index in [1.54, 1.807) is 12.1 Å². The number of aryl methyl sites for hydroxylation is 1. The second kappa shape index (κ2) is 5.85. The summed E-state index contributed by atoms with van der Waals surface area (Å²) in [4.78, 5) is 12.2. The van der Waals surface area contributed by atoms with Crippen molar-refractivity contribution in [2.75, 3.05) is 11.9 Å². The van der Waals surface area contributed by atoms with E-state index >= 15 is 0 Å². The summed E-state index contributed by atoms with van der Waals surface area (Å²) in [5.74, 6) is 5.37. The summed E-state index contributed by atoms with van der Waals surface area (Å²) >= 11 is 0. The Morgan fingerprint density at radius 2 is 2.37 bits per heavy atom. The summed E-state index contributed by atoms with van der Waals surface area (Å²) < 4.78 is 4.66. The van der Waals surface area contributed by atoms with Gasteiger partial charge in [-0.1, -0.05) is 28.6 Å². The lowest BCUT2D eigenvalue weighted by Gasteiger charge is -2.06. The second-order valence-corrected chi connectivity index (χ2v) is 3.92. The molecule has 96 valence electrons. The Kier molecular flexibility index (Phi) is 3.96. The number of carbonyl (C=O) groups is 1. The number of aromatic nitrogens is 1. The molecule has 3 N–H and O–H groups in total. The van der Waals surface area contributed by atoms with E-state index < -0.39 is 0 Å². The molecule has 0 bridgehead atoms. The van der Waals surface area contributed by atoms with Gasteiger partial charge in [0.15, 0.2) is 0 Å². The molecule has 5 nitrogen and oxygen atoms in total. The molecule has 0 unspecified atom stereocenters. The summed E-state index contributed by atoms with van der Waals surface area (Å²) in [6, 6.07) is 5.49. The molecule has 19 heavy (non-hydrogen) atoms. The number of nitrogens with two attached hydrogens (primary N) is 1. The SMILES string of the molecule is Cc1ccc(C#CCN)c(C(=O)Nc2cnoc2)c1. The highest BCUT2D eigenvalue weighted by Crippen LogP contribution is 2.14. The van der Waals surface area contributed by atoms with Crippen LogP contribution in [0.15, 0.2) is 35.2 Å². The zero-order chi connectivity index (χ0) is 13.7. The summed E-state index contributed by atoms with van der Waals surface area (Å²) in [6.07, 6.45) is 2.79. The van der Waals surface area contributed by atoms with E-state index in [-0.39, 0.29) is 12.5 Å². The lowest BCUT2D eigenvalue weighted by molar-refractivity contribution is 0.102. The Labute approximate surface area is 110 Å². The number of hydrogen-bond donors (Lipinski definition) is 2. The molecule has 1 aromatic carbocycles. The smallest absolute Gasteiger partial charge is 0.257 e. The molecular weight excluding hydrogens is 242 g/mol. The number of anilines is 1. The molecule has 0 aliphatic heterocycles. The van der Waals surface area contributed by atoms with E-state index in [0.717, 1.165) is 5.56 Å². The molecule has 0 radical (unpaired) electrons. The van der Waals surface area contributed by atoms with E-state index in [1.807, 2.05) is 13.0 Å². The van der Waals surface area contributed by atoms with Crippen LogP contribution in [-0.2, 0) is 0 Å². The maximum Gasteiger partial charge on any atom is 0.257 e. The van der Waals surface area contributed by atoms with Crippen LogP contribution < -0.4 is 11.1 Å². The quantitative estimate of drug-likeness (QED) is 0.798. The molecule has 0 saturated carbocycles. The fourth-order valence-corrected chi connectivity index (χ4v) is 1.57. The minimum Gasteiger partial charge on any atom is -0.363 e. The van der Waals surface area contributed by atoms with Crippen LogP contribution >= 0.6 is 0 Å². The highest BCUT2D eigenvalue weighted by Gasteiger charge is 2.11. The maximum absolute atomic E-state index is 12.2. The molecule has 0 saturated heterocycles. The first-order chi connectivity index (χ1) is 9.20. The Bertz CT molecular complexity index is 636. The average Bonchev–Trinajstić information content (AvgIpc) is 2.90. The van der Waals surface area contributed by atoms with Crippen LogP contribution in [0.5, 0.6) is 0 Å². The number of benzene rings is 1. The van der Waals surface area contributed by atoms with Crippen molar-refractivity contribution in [2.24, 2.45) is 5.73 Å². The summed E-state index contributed by atoms with van der Waals surface area (Å²) in [5.41, 5.74) is 7.98. The second-order valence-electron chi connectivity index (χ2n) is 3.92. The first-order valence-corrected chi connectivity index (χ1v) is 5.71. The minimum atomic E-state index is -0.256. The number of carbonyl (C=O) groups excluding carboxylic acids is 1. The monoisotopic (exact) mass is 255 g/mol. The largest absolute Gasteiger partial charge is 0.363 e. The molecular formula is C14H13N3O2. The molecule has 2 aromatic rings. The molecule has 0 atom stereocenters. The maximum atomic E-state index is 12.2. The molecule has 0 aliphatic rings. The van der Waals surface area contributed by atoms with Crippen molar-refractivity contribution in [3.05, 3.63) is 47.3 Å². The molecule has 1 heterocycles. The van der Waals surface area contributed by atoms with Crippen LogP contribution in [-0.4, -0.2) is 17.6 Å². The first-order valence-electron chi connectivity index (χ1n) is 5.71. The fourth-order valence-electron chi connectivity index (χ4n) is 1.57. The predicted molar refractivity (Wildman–Crippen MR) is 71.6 cm³/mol. The topological polar surface area (TPSA) is 81.2 Å². The van der Waals surface area contributed by atoms with E-state index in [1.165, 1.54) is 12.5 Å². The van der Waals surface area contributed by atoms with Gasteiger partial charge in [-0.15, -0.1) is 0 Å². The molecule has 1 aromatic heterocycles. The minimum absolute atomic E-state index is 0.251. The molecule has 0 spiro atoms. The third-order valence-corrected chi connectivity index (χ3v) is 2.44. The zero-order valence-electron chi connectivity index (χ0n) is 10.4. The number of hydrogen-bond acceptors (Lipinski definition) is 4. The van der Waals surface area contributed by atoms with Crippen LogP contribution in [0.3, 0.4) is 0 Å². The van der Waals surface area contributed by atoms with Gasteiger partial charge in [0.1, 0.15) is 12.0 Å². The first kappa shape index (κ1) is 12.9. The van der Waals surface area contributed by atoms with Gasteiger partial charge in [0.25, 0.3) is 5.91 Å². The standard InChI is InChI=1S/C14H13N3O2/c1-10-4-5-11(3-2-6-15)13(7-10)14(18)17-12-8-16-19-9-12/h4-5,7-9H,6,15H2,1H3,(H,17,18). The Balaban J connectivity index is 2.31. The van der Waals surface area contributed by atoms with Crippen LogP contribution in [0.25, 0.3) is 0 Å². The van der Waals surface area contributed by atoms with Gasteiger partial charge < -0.3 is 15.6 Å². The lowest BCUT2D eigenvalue weighted by atomic mass is 10.0. The molecule has 0 aliphatic carbocycles. The number of nitrogens with zero attached hydrogens (tertiary/aromatic N) is 1. The van der Waals surface area contributed by atoms with Gasteiger partial charge in [-0.05, 0) is 19.1 Å². The highest BCUT2D eigenvalue weighted by atomic mass is 16.5. The van der Waals surface area contributed by atoms with E-state index in [2.05, 4.69) is 26.8 Å². The van der Waals surface area contributed by atoms with Crippen molar-refractivity contribution in [3.63, 3.8) is 0 Å². The van der Waals surface area contributed by atoms with E-state index in [9.17, 15) is 4.79 Å². The van der Waals surface area contributed by atoms with Gasteiger partial charge in [0, 0.05) is 5.56 Å². The van der Waals surface area contributed by atoms with Crippen molar-refractivity contribution < 1.29 is 9.32 Å². The van der Waals surface area contributed by atoms with Crippen molar-refractivity contribution in [1.29, 1.82) is 0 Å². The summed E-state index contributed by atoms with van der Waals surface area (Å²) in [5, 5.41) is 6.21. The van der Waals surface area contributed by atoms with Crippen LogP contribution in [0.2, 0.25) is 0 Å². The Morgan fingerprint density at radius 3 is 3.05 bits per heavy atom. The van der Waals surface area contributed by atoms with Gasteiger partial charge in [-0.2, -0.15) is 0 Å². The molecule has 5 heteroatoms. The summed E-state index contributed by atoms with van der Waals surface area (Å²) in [6.45, 7) is 2.16. The van der Waals surface area contributed by atoms with Gasteiger partial charge >= 0.3 is 0 Å². The fraction of sp³-hybridized carbons (Fsp3) is 0.143. The molecule has 1 amide bonds. The normalized spacial score (nSPS) is 9.58. The van der Waals surface area contributed by atoms with Crippen molar-refractivity contribution in [3.8, 4) is 11.8 Å². The third kappa shape index (κ3) is 3.21. The molecule has 2 rings (SSSR count). The number of amides is 1. The Hall–Kier alpha value is -2.58. The van der Waals surface area contributed by atoms with Crippen LogP contribution in [0.4, 0.5) is 5.69 Å². The zero-order valence-corrected chi connectivity index (χ0v) is 10.4. The highest BCUT2D eigenvalue weighted by molar-refractivity contribution is 6.05. The third-order valence-electron chi connectivity index (χ3n) is 2.44. The predicted octanol–water partition coefficient (Wildman–Crippen LogP) is 1.55. The average molecular weight is 255 g/mol. The van der Waals surface area contributed by atoms with Crippen molar-refractivity contribution >= 4 is 11.6 Å². The van der Waals surface area contributed by atoms with Crippen LogP contribution in [0.1, 0.15) is 21.5 Å². The number of rotatable bonds is 2. The van der Waals surface area contributed by atoms with Gasteiger partial charge in [-0.3, -0.25) is 4.79 Å². The Morgan fingerprint density at radius 1 is 1.53 bits per heavy atom. The van der Waals surface area contributed by atoms with Gasteiger partial charge in [-0.25, -0.2) is 0 Å².